The number of para-hydroxylation sites is 1. The van der Waals surface area contributed by atoms with Crippen molar-refractivity contribution in [1.29, 1.82) is 0 Å². The summed E-state index contributed by atoms with van der Waals surface area (Å²) in [5, 5.41) is 3.60. The molecule has 4 aromatic carbocycles. The topological polar surface area (TPSA) is 75.7 Å². The average Bonchev–Trinajstić information content (AvgIpc) is 3.49. The van der Waals surface area contributed by atoms with Crippen LogP contribution < -0.4 is 15.0 Å². The van der Waals surface area contributed by atoms with Gasteiger partial charge < -0.3 is 15.0 Å². The summed E-state index contributed by atoms with van der Waals surface area (Å²) in [5.41, 5.74) is 2.43. The van der Waals surface area contributed by atoms with E-state index in [4.69, 9.17) is 16.3 Å². The van der Waals surface area contributed by atoms with E-state index in [1.165, 1.54) is 0 Å². The van der Waals surface area contributed by atoms with Crippen LogP contribution in [0.3, 0.4) is 0 Å². The van der Waals surface area contributed by atoms with E-state index in [-0.39, 0.29) is 17.5 Å². The lowest BCUT2D eigenvalue weighted by atomic mass is 9.64. The molecule has 7 heteroatoms. The molecule has 0 bridgehead atoms. The maximum absolute atomic E-state index is 14.8. The van der Waals surface area contributed by atoms with E-state index in [1.807, 2.05) is 59.5 Å². The Hall–Kier alpha value is -4.68. The molecule has 4 atom stereocenters. The quantitative estimate of drug-likeness (QED) is 0.294. The third kappa shape index (κ3) is 3.60. The first-order chi connectivity index (χ1) is 19.9. The molecule has 1 amide bonds. The second-order valence-corrected chi connectivity index (χ2v) is 11.0. The molecule has 0 radical (unpaired) electrons. The Bertz CT molecular complexity index is 1750. The van der Waals surface area contributed by atoms with Gasteiger partial charge in [0.15, 0.2) is 11.6 Å². The number of carbonyl (C=O) groups is 3. The van der Waals surface area contributed by atoms with Gasteiger partial charge in [-0.05, 0) is 59.7 Å². The number of benzene rings is 4. The third-order valence-corrected chi connectivity index (χ3v) is 8.81. The molecule has 0 saturated carbocycles. The van der Waals surface area contributed by atoms with Gasteiger partial charge in [0, 0.05) is 27.5 Å². The van der Waals surface area contributed by atoms with Crippen molar-refractivity contribution in [3.8, 4) is 5.75 Å². The summed E-state index contributed by atoms with van der Waals surface area (Å²) in [5.74, 6) is -1.25. The highest BCUT2D eigenvalue weighted by molar-refractivity contribution is 6.31. The highest BCUT2D eigenvalue weighted by atomic mass is 35.5. The first-order valence-electron chi connectivity index (χ1n) is 13.4. The SMILES string of the molecule is COc1ccc(C(=O)[C@@H]2[C@H](C(=O)c3ccccc3)N3c4ccc(Cl)cc4C=C[C@@H]3[C@]23C(=O)Nc2ccccc23)cc1. The zero-order valence-corrected chi connectivity index (χ0v) is 22.8. The zero-order chi connectivity index (χ0) is 28.3. The van der Waals surface area contributed by atoms with E-state index >= 15 is 0 Å². The summed E-state index contributed by atoms with van der Waals surface area (Å²) in [6, 6.07) is 27.1. The van der Waals surface area contributed by atoms with E-state index in [9.17, 15) is 14.4 Å². The molecule has 4 aromatic rings. The standard InChI is InChI=1S/C34H25ClN2O4/c1-41-24-15-11-21(12-16-24)31(38)29-30(32(39)20-7-3-2-4-8-20)37-27-17-14-23(35)19-22(27)13-18-28(37)34(29)25-9-5-6-10-26(25)36-33(34)40/h2-19,28-30H,1H3,(H,36,40)/t28-,29+,30-,34+/m1/s1. The second-order valence-electron chi connectivity index (χ2n) is 10.5. The zero-order valence-electron chi connectivity index (χ0n) is 22.1. The Labute approximate surface area is 242 Å². The summed E-state index contributed by atoms with van der Waals surface area (Å²) in [6.07, 6.45) is 3.87. The predicted octanol–water partition coefficient (Wildman–Crippen LogP) is 6.20. The van der Waals surface area contributed by atoms with Gasteiger partial charge in [-0.3, -0.25) is 14.4 Å². The number of fused-ring (bicyclic) bond motifs is 6. The molecule has 0 unspecified atom stereocenters. The van der Waals surface area contributed by atoms with Crippen molar-refractivity contribution in [3.05, 3.63) is 130 Å². The number of nitrogens with one attached hydrogen (secondary N) is 1. The number of hydrogen-bond donors (Lipinski definition) is 1. The lowest BCUT2D eigenvalue weighted by Crippen LogP contribution is -2.51. The summed E-state index contributed by atoms with van der Waals surface area (Å²) < 4.78 is 5.32. The van der Waals surface area contributed by atoms with Gasteiger partial charge in [-0.25, -0.2) is 0 Å². The fraction of sp³-hybridized carbons (Fsp3) is 0.147. The molecule has 6 nitrogen and oxygen atoms in total. The Morgan fingerprint density at radius 1 is 0.878 bits per heavy atom. The number of methoxy groups -OCH3 is 1. The first kappa shape index (κ1) is 25.3. The van der Waals surface area contributed by atoms with Crippen molar-refractivity contribution in [2.75, 3.05) is 17.3 Å². The molecule has 1 saturated heterocycles. The molecule has 3 heterocycles. The molecule has 1 N–H and O–H groups in total. The van der Waals surface area contributed by atoms with Crippen LogP contribution in [0.25, 0.3) is 6.08 Å². The van der Waals surface area contributed by atoms with E-state index in [0.29, 0.717) is 33.1 Å². The number of ketones is 2. The van der Waals surface area contributed by atoms with E-state index in [1.54, 1.807) is 61.7 Å². The van der Waals surface area contributed by atoms with Crippen LogP contribution in [0.1, 0.15) is 31.8 Å². The van der Waals surface area contributed by atoms with Crippen LogP contribution in [0.15, 0.2) is 103 Å². The summed E-state index contributed by atoms with van der Waals surface area (Å²) in [4.78, 5) is 45.7. The summed E-state index contributed by atoms with van der Waals surface area (Å²) in [6.45, 7) is 0. The Kier molecular flexibility index (Phi) is 5.84. The Balaban J connectivity index is 1.52. The number of Topliss-reactive ketones (excluding diaryl/α,β-unsaturated/α-hetero) is 2. The second kappa shape index (κ2) is 9.46. The molecule has 0 aromatic heterocycles. The largest absolute Gasteiger partial charge is 0.497 e. The summed E-state index contributed by atoms with van der Waals surface area (Å²) in [7, 11) is 1.56. The van der Waals surface area contributed by atoms with Crippen molar-refractivity contribution in [2.24, 2.45) is 5.92 Å². The van der Waals surface area contributed by atoms with Crippen molar-refractivity contribution >= 4 is 46.5 Å². The Morgan fingerprint density at radius 2 is 1.59 bits per heavy atom. The number of hydrogen-bond acceptors (Lipinski definition) is 5. The molecular weight excluding hydrogens is 536 g/mol. The molecule has 3 aliphatic heterocycles. The van der Waals surface area contributed by atoms with Gasteiger partial charge in [-0.1, -0.05) is 72.3 Å². The fourth-order valence-electron chi connectivity index (χ4n) is 6.86. The minimum atomic E-state index is -1.36. The Morgan fingerprint density at radius 3 is 2.34 bits per heavy atom. The molecule has 202 valence electrons. The minimum Gasteiger partial charge on any atom is -0.497 e. The lowest BCUT2D eigenvalue weighted by molar-refractivity contribution is -0.121. The molecular formula is C34H25ClN2O4. The third-order valence-electron chi connectivity index (χ3n) is 8.58. The van der Waals surface area contributed by atoms with E-state index in [2.05, 4.69) is 5.32 Å². The molecule has 7 rings (SSSR count). The van der Waals surface area contributed by atoms with Crippen LogP contribution in [0.2, 0.25) is 5.02 Å². The van der Waals surface area contributed by atoms with Crippen molar-refractivity contribution in [2.45, 2.75) is 17.5 Å². The summed E-state index contributed by atoms with van der Waals surface area (Å²) >= 11 is 6.36. The number of nitrogens with zero attached hydrogens (tertiary/aromatic N) is 1. The molecule has 0 aliphatic carbocycles. The van der Waals surface area contributed by atoms with Crippen molar-refractivity contribution < 1.29 is 19.1 Å². The van der Waals surface area contributed by atoms with E-state index in [0.717, 1.165) is 11.3 Å². The monoisotopic (exact) mass is 560 g/mol. The fourth-order valence-corrected chi connectivity index (χ4v) is 7.04. The van der Waals surface area contributed by atoms with Crippen molar-refractivity contribution in [1.82, 2.24) is 0 Å². The molecule has 1 spiro atoms. The first-order valence-corrected chi connectivity index (χ1v) is 13.8. The van der Waals surface area contributed by atoms with Crippen LogP contribution >= 0.6 is 11.6 Å². The maximum atomic E-state index is 14.8. The predicted molar refractivity (Wildman–Crippen MR) is 159 cm³/mol. The van der Waals surface area contributed by atoms with Gasteiger partial charge in [0.05, 0.1) is 19.1 Å². The number of halogens is 1. The van der Waals surface area contributed by atoms with Gasteiger partial charge in [-0.15, -0.1) is 0 Å². The van der Waals surface area contributed by atoms with Crippen molar-refractivity contribution in [3.63, 3.8) is 0 Å². The van der Waals surface area contributed by atoms with Gasteiger partial charge in [0.1, 0.15) is 17.2 Å². The smallest absolute Gasteiger partial charge is 0.238 e. The highest BCUT2D eigenvalue weighted by Gasteiger charge is 2.70. The normalized spacial score (nSPS) is 23.5. The minimum absolute atomic E-state index is 0.229. The van der Waals surface area contributed by atoms with Crippen LogP contribution in [0, 0.1) is 5.92 Å². The van der Waals surface area contributed by atoms with E-state index < -0.39 is 23.4 Å². The van der Waals surface area contributed by atoms with Crippen LogP contribution in [0.4, 0.5) is 11.4 Å². The van der Waals surface area contributed by atoms with Crippen LogP contribution in [0.5, 0.6) is 5.75 Å². The van der Waals surface area contributed by atoms with Gasteiger partial charge in [0.25, 0.3) is 0 Å². The van der Waals surface area contributed by atoms with Gasteiger partial charge in [0.2, 0.25) is 5.91 Å². The van der Waals surface area contributed by atoms with Gasteiger partial charge in [-0.2, -0.15) is 0 Å². The molecule has 3 aliphatic rings. The number of ether oxygens (including phenoxy) is 1. The molecule has 41 heavy (non-hydrogen) atoms. The average molecular weight is 561 g/mol. The maximum Gasteiger partial charge on any atom is 0.238 e. The molecule has 1 fully saturated rings. The highest BCUT2D eigenvalue weighted by Crippen LogP contribution is 2.58. The van der Waals surface area contributed by atoms with Crippen LogP contribution in [-0.2, 0) is 10.2 Å². The lowest BCUT2D eigenvalue weighted by Gasteiger charge is -2.37. The number of rotatable bonds is 5. The number of amides is 1. The van der Waals surface area contributed by atoms with Gasteiger partial charge >= 0.3 is 0 Å². The number of carbonyl (C=O) groups excluding carboxylic acids is 3. The number of anilines is 2. The van der Waals surface area contributed by atoms with Crippen LogP contribution in [-0.4, -0.2) is 36.7 Å².